The van der Waals surface area contributed by atoms with Gasteiger partial charge < -0.3 is 10.0 Å². The van der Waals surface area contributed by atoms with Crippen LogP contribution in [-0.2, 0) is 4.79 Å². The third-order valence-corrected chi connectivity index (χ3v) is 4.10. The molecule has 0 saturated carbocycles. The number of piperidine rings is 1. The van der Waals surface area contributed by atoms with Gasteiger partial charge in [-0.15, -0.1) is 0 Å². The third kappa shape index (κ3) is 2.69. The van der Waals surface area contributed by atoms with Crippen molar-refractivity contribution in [2.45, 2.75) is 40.0 Å². The Kier molecular flexibility index (Phi) is 3.73. The van der Waals surface area contributed by atoms with Crippen molar-refractivity contribution in [1.29, 1.82) is 0 Å². The first-order valence-electron chi connectivity index (χ1n) is 6.77. The van der Waals surface area contributed by atoms with E-state index in [0.29, 0.717) is 32.4 Å². The van der Waals surface area contributed by atoms with Crippen LogP contribution in [0.1, 0.15) is 37.6 Å². The van der Waals surface area contributed by atoms with E-state index in [2.05, 4.69) is 14.9 Å². The minimum atomic E-state index is -0.670. The van der Waals surface area contributed by atoms with Crippen LogP contribution in [0.2, 0.25) is 0 Å². The van der Waals surface area contributed by atoms with E-state index in [0.717, 1.165) is 17.3 Å². The lowest BCUT2D eigenvalue weighted by Crippen LogP contribution is -2.44. The standard InChI is InChI=1S/C14H21N3O2/c1-4-14(12(18)19)5-7-17(8-6-14)13-15-10(2)9-11(3)16-13/h9H,4-8H2,1-3H3,(H,18,19). The fourth-order valence-corrected chi connectivity index (χ4v) is 2.70. The second-order valence-electron chi connectivity index (χ2n) is 5.38. The van der Waals surface area contributed by atoms with Crippen molar-refractivity contribution in [3.63, 3.8) is 0 Å². The van der Waals surface area contributed by atoms with Crippen LogP contribution in [0.25, 0.3) is 0 Å². The van der Waals surface area contributed by atoms with Crippen LogP contribution >= 0.6 is 0 Å². The zero-order chi connectivity index (χ0) is 14.0. The van der Waals surface area contributed by atoms with E-state index in [1.807, 2.05) is 26.8 Å². The molecule has 5 nitrogen and oxygen atoms in total. The third-order valence-electron chi connectivity index (χ3n) is 4.10. The summed E-state index contributed by atoms with van der Waals surface area (Å²) in [4.78, 5) is 22.4. The summed E-state index contributed by atoms with van der Waals surface area (Å²) in [5.41, 5.74) is 1.34. The summed E-state index contributed by atoms with van der Waals surface area (Å²) in [6.07, 6.45) is 2.01. The van der Waals surface area contributed by atoms with Gasteiger partial charge in [0.1, 0.15) is 0 Å². The first-order chi connectivity index (χ1) is 8.97. The summed E-state index contributed by atoms with van der Waals surface area (Å²) in [5.74, 6) is 0.0589. The molecule has 1 aliphatic rings. The van der Waals surface area contributed by atoms with Crippen molar-refractivity contribution >= 4 is 11.9 Å². The molecule has 2 rings (SSSR count). The average Bonchev–Trinajstić information content (AvgIpc) is 2.37. The summed E-state index contributed by atoms with van der Waals surface area (Å²) in [6, 6.07) is 1.95. The fourth-order valence-electron chi connectivity index (χ4n) is 2.70. The number of carboxylic acid groups (broad SMARTS) is 1. The number of anilines is 1. The molecule has 0 aromatic carbocycles. The monoisotopic (exact) mass is 263 g/mol. The lowest BCUT2D eigenvalue weighted by atomic mass is 9.76. The van der Waals surface area contributed by atoms with Crippen molar-refractivity contribution in [3.05, 3.63) is 17.5 Å². The van der Waals surface area contributed by atoms with Crippen LogP contribution in [0, 0.1) is 19.3 Å². The molecule has 1 saturated heterocycles. The Hall–Kier alpha value is -1.65. The van der Waals surface area contributed by atoms with Gasteiger partial charge in [0.05, 0.1) is 5.41 Å². The SMILES string of the molecule is CCC1(C(=O)O)CCN(c2nc(C)cc(C)n2)CC1. The second-order valence-corrected chi connectivity index (χ2v) is 5.38. The van der Waals surface area contributed by atoms with Gasteiger partial charge in [0.25, 0.3) is 0 Å². The number of aryl methyl sites for hydroxylation is 2. The van der Waals surface area contributed by atoms with Crippen molar-refractivity contribution in [2.75, 3.05) is 18.0 Å². The molecule has 1 N–H and O–H groups in total. The first-order valence-corrected chi connectivity index (χ1v) is 6.77. The highest BCUT2D eigenvalue weighted by Crippen LogP contribution is 2.36. The molecule has 0 unspecified atom stereocenters. The molecule has 0 amide bonds. The van der Waals surface area contributed by atoms with Gasteiger partial charge in [-0.2, -0.15) is 0 Å². The van der Waals surface area contributed by atoms with Gasteiger partial charge in [0.15, 0.2) is 0 Å². The maximum absolute atomic E-state index is 11.4. The molecule has 2 heterocycles. The highest BCUT2D eigenvalue weighted by Gasteiger charge is 2.40. The van der Waals surface area contributed by atoms with E-state index in [1.54, 1.807) is 0 Å². The minimum absolute atomic E-state index is 0.560. The number of nitrogens with zero attached hydrogens (tertiary/aromatic N) is 3. The maximum atomic E-state index is 11.4. The number of carbonyl (C=O) groups is 1. The fraction of sp³-hybridized carbons (Fsp3) is 0.643. The molecular formula is C14H21N3O2. The van der Waals surface area contributed by atoms with Gasteiger partial charge in [0, 0.05) is 24.5 Å². The van der Waals surface area contributed by atoms with Crippen molar-refractivity contribution in [3.8, 4) is 0 Å². The Morgan fingerprint density at radius 3 is 2.26 bits per heavy atom. The van der Waals surface area contributed by atoms with E-state index >= 15 is 0 Å². The van der Waals surface area contributed by atoms with Gasteiger partial charge in [-0.25, -0.2) is 9.97 Å². The second kappa shape index (κ2) is 5.15. The average molecular weight is 263 g/mol. The molecule has 0 atom stereocenters. The molecule has 0 aliphatic carbocycles. The summed E-state index contributed by atoms with van der Waals surface area (Å²) >= 11 is 0. The van der Waals surface area contributed by atoms with Gasteiger partial charge in [-0.05, 0) is 39.2 Å². The number of hydrogen-bond donors (Lipinski definition) is 1. The van der Waals surface area contributed by atoms with Crippen molar-refractivity contribution in [1.82, 2.24) is 9.97 Å². The van der Waals surface area contributed by atoms with Crippen LogP contribution < -0.4 is 4.90 Å². The zero-order valence-electron chi connectivity index (χ0n) is 11.8. The molecule has 1 aliphatic heterocycles. The smallest absolute Gasteiger partial charge is 0.309 e. The van der Waals surface area contributed by atoms with Crippen LogP contribution in [0.15, 0.2) is 6.07 Å². The van der Waals surface area contributed by atoms with Crippen LogP contribution in [0.5, 0.6) is 0 Å². The van der Waals surface area contributed by atoms with Crippen LogP contribution in [-0.4, -0.2) is 34.1 Å². The van der Waals surface area contributed by atoms with Gasteiger partial charge in [0.2, 0.25) is 5.95 Å². The minimum Gasteiger partial charge on any atom is -0.481 e. The molecule has 1 aromatic heterocycles. The molecule has 19 heavy (non-hydrogen) atoms. The lowest BCUT2D eigenvalue weighted by molar-refractivity contribution is -0.150. The van der Waals surface area contributed by atoms with Crippen molar-refractivity contribution < 1.29 is 9.90 Å². The Morgan fingerprint density at radius 2 is 1.84 bits per heavy atom. The highest BCUT2D eigenvalue weighted by atomic mass is 16.4. The molecule has 1 aromatic rings. The predicted molar refractivity (Wildman–Crippen MR) is 73.3 cm³/mol. The van der Waals surface area contributed by atoms with E-state index < -0.39 is 11.4 Å². The zero-order valence-corrected chi connectivity index (χ0v) is 11.8. The normalized spacial score (nSPS) is 18.4. The predicted octanol–water partition coefficient (Wildman–Crippen LogP) is 2.17. The number of carboxylic acids is 1. The Morgan fingerprint density at radius 1 is 1.32 bits per heavy atom. The number of aromatic nitrogens is 2. The quantitative estimate of drug-likeness (QED) is 0.905. The number of hydrogen-bond acceptors (Lipinski definition) is 4. The van der Waals surface area contributed by atoms with Crippen LogP contribution in [0.4, 0.5) is 5.95 Å². The Labute approximate surface area is 113 Å². The molecule has 1 fully saturated rings. The van der Waals surface area contributed by atoms with E-state index in [9.17, 15) is 9.90 Å². The molecular weight excluding hydrogens is 242 g/mol. The number of aliphatic carboxylic acids is 1. The van der Waals surface area contributed by atoms with Crippen molar-refractivity contribution in [2.24, 2.45) is 5.41 Å². The van der Waals surface area contributed by atoms with Gasteiger partial charge in [-0.3, -0.25) is 4.79 Å². The molecule has 0 spiro atoms. The molecule has 0 radical (unpaired) electrons. The molecule has 0 bridgehead atoms. The number of rotatable bonds is 3. The maximum Gasteiger partial charge on any atom is 0.309 e. The van der Waals surface area contributed by atoms with E-state index in [1.165, 1.54) is 0 Å². The highest BCUT2D eigenvalue weighted by molar-refractivity contribution is 5.75. The van der Waals surface area contributed by atoms with Crippen LogP contribution in [0.3, 0.4) is 0 Å². The molecule has 5 heteroatoms. The largest absolute Gasteiger partial charge is 0.481 e. The molecule has 104 valence electrons. The summed E-state index contributed by atoms with van der Waals surface area (Å²) in [5, 5.41) is 9.38. The Balaban J connectivity index is 2.13. The van der Waals surface area contributed by atoms with E-state index in [-0.39, 0.29) is 0 Å². The van der Waals surface area contributed by atoms with Gasteiger partial charge >= 0.3 is 5.97 Å². The lowest BCUT2D eigenvalue weighted by Gasteiger charge is -2.38. The Bertz CT molecular complexity index is 459. The summed E-state index contributed by atoms with van der Waals surface area (Å²) in [7, 11) is 0. The summed E-state index contributed by atoms with van der Waals surface area (Å²) < 4.78 is 0. The van der Waals surface area contributed by atoms with Gasteiger partial charge in [-0.1, -0.05) is 6.92 Å². The topological polar surface area (TPSA) is 66.3 Å². The van der Waals surface area contributed by atoms with E-state index in [4.69, 9.17) is 0 Å². The first kappa shape index (κ1) is 13.8. The summed E-state index contributed by atoms with van der Waals surface area (Å²) in [6.45, 7) is 7.29.